The van der Waals surface area contributed by atoms with Gasteiger partial charge in [0.2, 0.25) is 0 Å². The van der Waals surface area contributed by atoms with Gasteiger partial charge in [-0.1, -0.05) is 13.2 Å². The van der Waals surface area contributed by atoms with Crippen LogP contribution in [0, 0.1) is 35.5 Å². The third-order valence-corrected chi connectivity index (χ3v) is 9.13. The van der Waals surface area contributed by atoms with E-state index in [0.717, 1.165) is 77.0 Å². The lowest BCUT2D eigenvalue weighted by Crippen LogP contribution is -2.36. The van der Waals surface area contributed by atoms with E-state index in [4.69, 9.17) is 18.9 Å². The minimum absolute atomic E-state index is 0.354. The van der Waals surface area contributed by atoms with Crippen molar-refractivity contribution in [3.63, 3.8) is 0 Å². The first-order valence-electron chi connectivity index (χ1n) is 15.7. The quantitative estimate of drug-likeness (QED) is 0.158. The van der Waals surface area contributed by atoms with Gasteiger partial charge in [-0.3, -0.25) is 0 Å². The molecule has 2 N–H and O–H groups in total. The Kier molecular flexibility index (Phi) is 14.7. The number of esters is 2. The van der Waals surface area contributed by atoms with E-state index in [-0.39, 0.29) is 24.1 Å². The van der Waals surface area contributed by atoms with E-state index >= 15 is 0 Å². The van der Waals surface area contributed by atoms with Gasteiger partial charge in [0.1, 0.15) is 0 Å². The first kappa shape index (κ1) is 33.5. The third kappa shape index (κ3) is 12.9. The molecule has 3 rings (SSSR count). The Hall–Kier alpha value is -3.04. The minimum Gasteiger partial charge on any atom is -0.462 e. The summed E-state index contributed by atoms with van der Waals surface area (Å²) < 4.78 is 21.2. The van der Waals surface area contributed by atoms with Crippen molar-refractivity contribution in [2.24, 2.45) is 35.5 Å². The summed E-state index contributed by atoms with van der Waals surface area (Å²) in [5.74, 6) is 1.53. The normalized spacial score (nSPS) is 27.5. The van der Waals surface area contributed by atoms with Crippen LogP contribution in [0.25, 0.3) is 0 Å². The second-order valence-corrected chi connectivity index (χ2v) is 12.3. The number of amides is 2. The zero-order valence-corrected chi connectivity index (χ0v) is 25.0. The van der Waals surface area contributed by atoms with Gasteiger partial charge in [0.15, 0.2) is 0 Å². The maximum Gasteiger partial charge on any atom is 0.407 e. The van der Waals surface area contributed by atoms with Gasteiger partial charge in [-0.05, 0) is 113 Å². The lowest BCUT2D eigenvalue weighted by Gasteiger charge is -2.29. The van der Waals surface area contributed by atoms with Gasteiger partial charge < -0.3 is 29.6 Å². The molecular formula is C32H50N2O8. The van der Waals surface area contributed by atoms with Crippen molar-refractivity contribution in [3.8, 4) is 0 Å². The third-order valence-electron chi connectivity index (χ3n) is 9.13. The molecule has 0 aliphatic heterocycles. The van der Waals surface area contributed by atoms with E-state index in [9.17, 15) is 19.2 Å². The highest BCUT2D eigenvalue weighted by atomic mass is 16.6. The molecule has 0 bridgehead atoms. The van der Waals surface area contributed by atoms with Crippen LogP contribution in [0.15, 0.2) is 25.3 Å². The van der Waals surface area contributed by atoms with Crippen LogP contribution in [0.1, 0.15) is 77.0 Å². The molecule has 3 aliphatic rings. The first-order valence-corrected chi connectivity index (χ1v) is 15.7. The Morgan fingerprint density at radius 1 is 0.476 bits per heavy atom. The minimum atomic E-state index is -0.379. The van der Waals surface area contributed by atoms with E-state index < -0.39 is 0 Å². The Balaban J connectivity index is 1.16. The standard InChI is InChI=1S/C32H50N2O8/c1-3-29(35)39-19-25-9-13-27(14-10-25)21-41-31(37)33-17-23-5-7-24(8-6-23)18-34-32(38)42-22-28-15-11-26(12-16-28)20-40-30(36)4-2/h3-4,23-28H,1-2,5-22H2,(H,33,37)(H,34,38). The van der Waals surface area contributed by atoms with Gasteiger partial charge in [-0.25, -0.2) is 19.2 Å². The van der Waals surface area contributed by atoms with Crippen LogP contribution in [-0.2, 0) is 28.5 Å². The Bertz CT molecular complexity index is 813. The second-order valence-electron chi connectivity index (χ2n) is 12.3. The average Bonchev–Trinajstić information content (AvgIpc) is 3.03. The molecule has 0 atom stereocenters. The van der Waals surface area contributed by atoms with Crippen LogP contribution < -0.4 is 10.6 Å². The van der Waals surface area contributed by atoms with Crippen LogP contribution in [-0.4, -0.2) is 63.6 Å². The van der Waals surface area contributed by atoms with Crippen molar-refractivity contribution in [3.05, 3.63) is 25.3 Å². The summed E-state index contributed by atoms with van der Waals surface area (Å²) in [6, 6.07) is 0. The fourth-order valence-corrected chi connectivity index (χ4v) is 6.23. The first-order chi connectivity index (χ1) is 20.3. The van der Waals surface area contributed by atoms with Crippen LogP contribution in [0.2, 0.25) is 0 Å². The second kappa shape index (κ2) is 18.5. The average molecular weight is 591 g/mol. The SMILES string of the molecule is C=CC(=O)OCC1CCC(COC(=O)NCC2CCC(CNC(=O)OCC3CCC(COC(=O)C=C)CC3)CC2)CC1. The Morgan fingerprint density at radius 2 is 0.738 bits per heavy atom. The summed E-state index contributed by atoms with van der Waals surface area (Å²) in [4.78, 5) is 46.9. The highest BCUT2D eigenvalue weighted by molar-refractivity contribution is 5.81. The molecule has 3 saturated carbocycles. The molecule has 0 spiro atoms. The number of nitrogens with one attached hydrogen (secondary N) is 2. The van der Waals surface area contributed by atoms with Crippen LogP contribution >= 0.6 is 0 Å². The fraction of sp³-hybridized carbons (Fsp3) is 0.750. The van der Waals surface area contributed by atoms with Crippen LogP contribution in [0.3, 0.4) is 0 Å². The summed E-state index contributed by atoms with van der Waals surface area (Å²) in [5.41, 5.74) is 0. The van der Waals surface area contributed by atoms with Crippen molar-refractivity contribution >= 4 is 24.1 Å². The summed E-state index contributed by atoms with van der Waals surface area (Å²) in [6.45, 7) is 9.76. The number of rotatable bonds is 14. The predicted octanol–water partition coefficient (Wildman–Crippen LogP) is 5.32. The molecule has 10 heteroatoms. The molecule has 2 amide bonds. The number of hydrogen-bond donors (Lipinski definition) is 2. The highest BCUT2D eigenvalue weighted by Gasteiger charge is 2.26. The zero-order chi connectivity index (χ0) is 30.2. The van der Waals surface area contributed by atoms with E-state index in [2.05, 4.69) is 23.8 Å². The molecule has 0 aromatic heterocycles. The molecule has 0 aromatic carbocycles. The molecule has 0 heterocycles. The molecule has 3 aliphatic carbocycles. The number of alkyl carbamates (subject to hydrolysis) is 2. The van der Waals surface area contributed by atoms with Gasteiger partial charge in [0.05, 0.1) is 26.4 Å². The van der Waals surface area contributed by atoms with E-state index in [1.54, 1.807) is 0 Å². The lowest BCUT2D eigenvalue weighted by atomic mass is 9.82. The van der Waals surface area contributed by atoms with Gasteiger partial charge in [-0.15, -0.1) is 0 Å². The smallest absolute Gasteiger partial charge is 0.407 e. The molecule has 3 fully saturated rings. The number of carbonyl (C=O) groups excluding carboxylic acids is 4. The van der Waals surface area contributed by atoms with E-state index in [1.807, 2.05) is 0 Å². The molecule has 0 unspecified atom stereocenters. The Labute approximate surface area is 250 Å². The molecule has 0 saturated heterocycles. The summed E-state index contributed by atoms with van der Waals surface area (Å²) >= 11 is 0. The highest BCUT2D eigenvalue weighted by Crippen LogP contribution is 2.31. The molecule has 42 heavy (non-hydrogen) atoms. The maximum absolute atomic E-state index is 12.2. The molecule has 0 aromatic rings. The largest absolute Gasteiger partial charge is 0.462 e. The lowest BCUT2D eigenvalue weighted by molar-refractivity contribution is -0.140. The topological polar surface area (TPSA) is 129 Å². The summed E-state index contributed by atoms with van der Waals surface area (Å²) in [5, 5.41) is 5.85. The van der Waals surface area contributed by atoms with Gasteiger partial charge >= 0.3 is 24.1 Å². The van der Waals surface area contributed by atoms with Gasteiger partial charge in [-0.2, -0.15) is 0 Å². The number of hydrogen-bond acceptors (Lipinski definition) is 8. The van der Waals surface area contributed by atoms with E-state index in [0.29, 0.717) is 75.0 Å². The molecule has 0 radical (unpaired) electrons. The molecule has 236 valence electrons. The van der Waals surface area contributed by atoms with Gasteiger partial charge in [0.25, 0.3) is 0 Å². The van der Waals surface area contributed by atoms with Crippen molar-refractivity contribution in [2.75, 3.05) is 39.5 Å². The van der Waals surface area contributed by atoms with Crippen LogP contribution in [0.5, 0.6) is 0 Å². The van der Waals surface area contributed by atoms with Gasteiger partial charge in [0, 0.05) is 25.2 Å². The van der Waals surface area contributed by atoms with Crippen molar-refractivity contribution in [2.45, 2.75) is 77.0 Å². The monoisotopic (exact) mass is 590 g/mol. The van der Waals surface area contributed by atoms with E-state index in [1.165, 1.54) is 12.2 Å². The van der Waals surface area contributed by atoms with Crippen LogP contribution in [0.4, 0.5) is 9.59 Å². The fourth-order valence-electron chi connectivity index (χ4n) is 6.23. The maximum atomic E-state index is 12.2. The zero-order valence-electron chi connectivity index (χ0n) is 25.0. The predicted molar refractivity (Wildman–Crippen MR) is 157 cm³/mol. The van der Waals surface area contributed by atoms with Crippen molar-refractivity contribution in [1.29, 1.82) is 0 Å². The summed E-state index contributed by atoms with van der Waals surface area (Å²) in [6.07, 6.45) is 13.4. The van der Waals surface area contributed by atoms with Crippen molar-refractivity contribution < 1.29 is 38.1 Å². The Morgan fingerprint density at radius 3 is 1.02 bits per heavy atom. The number of carbonyl (C=O) groups is 4. The molecular weight excluding hydrogens is 540 g/mol. The van der Waals surface area contributed by atoms with Crippen molar-refractivity contribution in [1.82, 2.24) is 10.6 Å². The number of ether oxygens (including phenoxy) is 4. The molecule has 10 nitrogen and oxygen atoms in total. The summed E-state index contributed by atoms with van der Waals surface area (Å²) in [7, 11) is 0.